The summed E-state index contributed by atoms with van der Waals surface area (Å²) < 4.78 is 16.7. The van der Waals surface area contributed by atoms with E-state index in [2.05, 4.69) is 93.7 Å². The van der Waals surface area contributed by atoms with Crippen molar-refractivity contribution >= 4 is 17.9 Å². The number of hydrogen-bond donors (Lipinski definition) is 0. The van der Waals surface area contributed by atoms with Crippen LogP contribution in [0.25, 0.3) is 0 Å². The molecule has 350 valence electrons. The summed E-state index contributed by atoms with van der Waals surface area (Å²) in [6.45, 7) is 6.51. The number of carbonyl (C=O) groups is 3. The Bertz CT molecular complexity index is 1160. The van der Waals surface area contributed by atoms with Crippen LogP contribution in [0, 0.1) is 0 Å². The van der Waals surface area contributed by atoms with Gasteiger partial charge >= 0.3 is 17.9 Å². The summed E-state index contributed by atoms with van der Waals surface area (Å²) in [5, 5.41) is 0. The molecule has 0 N–H and O–H groups in total. The Morgan fingerprint density at radius 1 is 0.328 bits per heavy atom. The van der Waals surface area contributed by atoms with Crippen LogP contribution in [-0.2, 0) is 28.6 Å². The van der Waals surface area contributed by atoms with Gasteiger partial charge in [0.2, 0.25) is 0 Å². The van der Waals surface area contributed by atoms with Crippen molar-refractivity contribution in [2.75, 3.05) is 13.2 Å². The van der Waals surface area contributed by atoms with Crippen molar-refractivity contribution < 1.29 is 28.6 Å². The molecule has 0 fully saturated rings. The maximum Gasteiger partial charge on any atom is 0.306 e. The molecule has 1 atom stereocenters. The zero-order chi connectivity index (χ0) is 44.4. The Morgan fingerprint density at radius 2 is 0.590 bits per heavy atom. The van der Waals surface area contributed by atoms with E-state index < -0.39 is 6.10 Å². The topological polar surface area (TPSA) is 78.9 Å². The van der Waals surface area contributed by atoms with E-state index in [1.165, 1.54) is 96.3 Å². The molecule has 0 aliphatic rings. The third-order valence-corrected chi connectivity index (χ3v) is 10.7. The quantitative estimate of drug-likeness (QED) is 0.0263. The highest BCUT2D eigenvalue weighted by molar-refractivity contribution is 5.71. The highest BCUT2D eigenvalue weighted by Gasteiger charge is 2.19. The van der Waals surface area contributed by atoms with Crippen LogP contribution in [0.4, 0.5) is 0 Å². The zero-order valence-corrected chi connectivity index (χ0v) is 39.9. The van der Waals surface area contributed by atoms with Crippen molar-refractivity contribution in [1.29, 1.82) is 0 Å². The minimum atomic E-state index is -0.800. The predicted octanol–water partition coefficient (Wildman–Crippen LogP) is 16.6. The normalized spacial score (nSPS) is 12.6. The maximum atomic E-state index is 12.8. The average Bonchev–Trinajstić information content (AvgIpc) is 3.26. The number of esters is 3. The van der Waals surface area contributed by atoms with Gasteiger partial charge in [0.25, 0.3) is 0 Å². The molecule has 0 spiro atoms. The van der Waals surface area contributed by atoms with Gasteiger partial charge in [-0.15, -0.1) is 0 Å². The van der Waals surface area contributed by atoms with E-state index in [9.17, 15) is 14.4 Å². The summed E-state index contributed by atoms with van der Waals surface area (Å²) in [7, 11) is 0. The Morgan fingerprint density at radius 3 is 1.00 bits per heavy atom. The van der Waals surface area contributed by atoms with Crippen LogP contribution in [0.2, 0.25) is 0 Å². The smallest absolute Gasteiger partial charge is 0.306 e. The van der Waals surface area contributed by atoms with E-state index in [1.54, 1.807) is 0 Å². The third kappa shape index (κ3) is 47.7. The van der Waals surface area contributed by atoms with E-state index in [0.29, 0.717) is 19.3 Å². The molecule has 0 radical (unpaired) electrons. The Labute approximate surface area is 376 Å². The molecule has 0 rings (SSSR count). The molecule has 0 saturated carbocycles. The lowest BCUT2D eigenvalue weighted by Crippen LogP contribution is -2.30. The summed E-state index contributed by atoms with van der Waals surface area (Å²) in [6, 6.07) is 0. The Kier molecular flexibility index (Phi) is 46.9. The van der Waals surface area contributed by atoms with Gasteiger partial charge in [-0.25, -0.2) is 0 Å². The minimum Gasteiger partial charge on any atom is -0.462 e. The molecule has 0 amide bonds. The van der Waals surface area contributed by atoms with Crippen LogP contribution in [0.5, 0.6) is 0 Å². The molecule has 0 aromatic rings. The van der Waals surface area contributed by atoms with Crippen molar-refractivity contribution in [2.24, 2.45) is 0 Å². The lowest BCUT2D eigenvalue weighted by Gasteiger charge is -2.18. The van der Waals surface area contributed by atoms with Crippen LogP contribution in [0.3, 0.4) is 0 Å². The molecule has 0 aromatic carbocycles. The molecule has 6 heteroatoms. The molecule has 0 aliphatic heterocycles. The fraction of sp³-hybridized carbons (Fsp3) is 0.727. The standard InChI is InChI=1S/C55H94O6/c1-4-7-10-13-16-19-22-25-27-30-33-36-39-42-45-48-54(57)60-51-52(50-59-53(56)47-44-41-38-35-32-29-24-21-18-15-12-9-6-3)61-55(58)49-46-43-40-37-34-31-28-26-23-20-17-14-11-8-5-2/h16-17,19-21,24-28,33,36,52H,4-15,18,22-23,29-32,34-35,37-51H2,1-3H3/b19-16-,20-17-,24-21-,27-25-,28-26-,36-33-/t52-/m0/s1. The summed E-state index contributed by atoms with van der Waals surface area (Å²) in [6.07, 6.45) is 61.6. The average molecular weight is 851 g/mol. The first-order valence-corrected chi connectivity index (χ1v) is 25.4. The van der Waals surface area contributed by atoms with Crippen molar-refractivity contribution in [3.05, 3.63) is 72.9 Å². The number of allylic oxidation sites excluding steroid dienone is 12. The molecule has 0 bridgehead atoms. The molecular weight excluding hydrogens is 757 g/mol. The number of hydrogen-bond acceptors (Lipinski definition) is 6. The van der Waals surface area contributed by atoms with E-state index in [1.807, 2.05) is 0 Å². The molecular formula is C55H94O6. The van der Waals surface area contributed by atoms with Gasteiger partial charge in [0.15, 0.2) is 6.10 Å². The molecule has 61 heavy (non-hydrogen) atoms. The summed E-state index contributed by atoms with van der Waals surface area (Å²) >= 11 is 0. The van der Waals surface area contributed by atoms with Crippen LogP contribution in [0.1, 0.15) is 239 Å². The Balaban J connectivity index is 4.49. The minimum absolute atomic E-state index is 0.0979. The maximum absolute atomic E-state index is 12.8. The monoisotopic (exact) mass is 851 g/mol. The number of unbranched alkanes of at least 4 members (excludes halogenated alkanes) is 22. The predicted molar refractivity (Wildman–Crippen MR) is 261 cm³/mol. The summed E-state index contributed by atoms with van der Waals surface area (Å²) in [4.78, 5) is 37.9. The Hall–Kier alpha value is -3.15. The first kappa shape index (κ1) is 57.9. The van der Waals surface area contributed by atoms with Gasteiger partial charge in [0, 0.05) is 19.3 Å². The lowest BCUT2D eigenvalue weighted by molar-refractivity contribution is -0.167. The lowest BCUT2D eigenvalue weighted by atomic mass is 10.1. The van der Waals surface area contributed by atoms with Gasteiger partial charge in [0.1, 0.15) is 13.2 Å². The number of ether oxygens (including phenoxy) is 3. The molecule has 0 unspecified atom stereocenters. The molecule has 0 aromatic heterocycles. The van der Waals surface area contributed by atoms with E-state index in [0.717, 1.165) is 103 Å². The van der Waals surface area contributed by atoms with Crippen molar-refractivity contribution in [1.82, 2.24) is 0 Å². The van der Waals surface area contributed by atoms with E-state index in [-0.39, 0.29) is 31.1 Å². The second-order valence-corrected chi connectivity index (χ2v) is 16.7. The highest BCUT2D eigenvalue weighted by Crippen LogP contribution is 2.13. The van der Waals surface area contributed by atoms with Gasteiger partial charge in [0.05, 0.1) is 0 Å². The summed E-state index contributed by atoms with van der Waals surface area (Å²) in [5.74, 6) is -0.960. The van der Waals surface area contributed by atoms with Crippen LogP contribution < -0.4 is 0 Å². The highest BCUT2D eigenvalue weighted by atomic mass is 16.6. The molecule has 0 aliphatic carbocycles. The second kappa shape index (κ2) is 49.5. The fourth-order valence-electron chi connectivity index (χ4n) is 6.77. The largest absolute Gasteiger partial charge is 0.462 e. The van der Waals surface area contributed by atoms with Gasteiger partial charge in [-0.2, -0.15) is 0 Å². The fourth-order valence-corrected chi connectivity index (χ4v) is 6.77. The second-order valence-electron chi connectivity index (χ2n) is 16.7. The van der Waals surface area contributed by atoms with Crippen LogP contribution in [0.15, 0.2) is 72.9 Å². The summed E-state index contributed by atoms with van der Waals surface area (Å²) in [5.41, 5.74) is 0. The van der Waals surface area contributed by atoms with Gasteiger partial charge in [-0.05, 0) is 116 Å². The van der Waals surface area contributed by atoms with Gasteiger partial charge < -0.3 is 14.2 Å². The van der Waals surface area contributed by atoms with Crippen molar-refractivity contribution in [3.8, 4) is 0 Å². The number of carbonyl (C=O) groups excluding carboxylic acids is 3. The first-order valence-electron chi connectivity index (χ1n) is 25.4. The van der Waals surface area contributed by atoms with Crippen molar-refractivity contribution in [2.45, 2.75) is 245 Å². The van der Waals surface area contributed by atoms with Crippen LogP contribution >= 0.6 is 0 Å². The zero-order valence-electron chi connectivity index (χ0n) is 39.9. The van der Waals surface area contributed by atoms with Gasteiger partial charge in [-0.1, -0.05) is 177 Å². The molecule has 6 nitrogen and oxygen atoms in total. The SMILES string of the molecule is CCCCC/C=C\C/C=C\C/C=C\CCCCC(=O)OC[C@H](COC(=O)CCCCCCC/C=C\CCCCCC)OC(=O)CCCCCCC/C=C\C/C=C\CCCCC. The third-order valence-electron chi connectivity index (χ3n) is 10.7. The first-order chi connectivity index (χ1) is 30.0. The van der Waals surface area contributed by atoms with Crippen LogP contribution in [-0.4, -0.2) is 37.2 Å². The van der Waals surface area contributed by atoms with Gasteiger partial charge in [-0.3, -0.25) is 14.4 Å². The van der Waals surface area contributed by atoms with E-state index in [4.69, 9.17) is 14.2 Å². The molecule has 0 saturated heterocycles. The van der Waals surface area contributed by atoms with Crippen molar-refractivity contribution in [3.63, 3.8) is 0 Å². The van der Waals surface area contributed by atoms with E-state index >= 15 is 0 Å². The molecule has 0 heterocycles. The number of rotatable bonds is 45.